The van der Waals surface area contributed by atoms with Crippen LogP contribution in [0.25, 0.3) is 0 Å². The average Bonchev–Trinajstić information content (AvgIpc) is 3.47. The summed E-state index contributed by atoms with van der Waals surface area (Å²) in [5.74, 6) is -0.923. The van der Waals surface area contributed by atoms with Crippen molar-refractivity contribution in [2.45, 2.75) is 309 Å². The Labute approximate surface area is 500 Å². The summed E-state index contributed by atoms with van der Waals surface area (Å²) >= 11 is 0. The summed E-state index contributed by atoms with van der Waals surface area (Å²) in [4.78, 5) is 38.5. The number of hydrogen-bond donors (Lipinski definition) is 0. The van der Waals surface area contributed by atoms with E-state index < -0.39 is 6.10 Å². The van der Waals surface area contributed by atoms with E-state index in [-0.39, 0.29) is 31.1 Å². The maximum atomic E-state index is 13.0. The third-order valence-corrected chi connectivity index (χ3v) is 14.1. The Hall–Kier alpha value is -4.45. The second kappa shape index (κ2) is 68.1. The van der Waals surface area contributed by atoms with E-state index in [4.69, 9.17) is 14.2 Å². The fourth-order valence-electron chi connectivity index (χ4n) is 9.14. The van der Waals surface area contributed by atoms with E-state index in [0.29, 0.717) is 19.3 Å². The molecule has 0 bridgehead atoms. The molecule has 460 valence electrons. The van der Waals surface area contributed by atoms with Gasteiger partial charge in [-0.1, -0.05) is 283 Å². The molecule has 0 aliphatic heterocycles. The Bertz CT molecular complexity index is 1720. The van der Waals surface area contributed by atoms with Gasteiger partial charge in [-0.25, -0.2) is 0 Å². The molecule has 0 aromatic heterocycles. The highest BCUT2D eigenvalue weighted by Gasteiger charge is 2.19. The third kappa shape index (κ3) is 66.2. The van der Waals surface area contributed by atoms with E-state index in [1.165, 1.54) is 122 Å². The van der Waals surface area contributed by atoms with Gasteiger partial charge in [0.25, 0.3) is 0 Å². The Morgan fingerprint density at radius 1 is 0.259 bits per heavy atom. The zero-order chi connectivity index (χ0) is 58.5. The molecular weight excluding hydrogens is 997 g/mol. The fraction of sp³-hybridized carbons (Fsp3) is 0.667. The van der Waals surface area contributed by atoms with Crippen molar-refractivity contribution in [3.05, 3.63) is 134 Å². The topological polar surface area (TPSA) is 78.9 Å². The molecule has 0 radical (unpaired) electrons. The van der Waals surface area contributed by atoms with Crippen LogP contribution in [0, 0.1) is 0 Å². The number of carbonyl (C=O) groups is 3. The second-order valence-electron chi connectivity index (χ2n) is 22.0. The molecule has 0 fully saturated rings. The molecule has 81 heavy (non-hydrogen) atoms. The first kappa shape index (κ1) is 76.5. The van der Waals surface area contributed by atoms with Crippen molar-refractivity contribution in [2.24, 2.45) is 0 Å². The summed E-state index contributed by atoms with van der Waals surface area (Å²) in [6.07, 6.45) is 95.9. The molecular formula is C75H124O6. The Morgan fingerprint density at radius 2 is 0.481 bits per heavy atom. The molecule has 1 atom stereocenters. The number of hydrogen-bond acceptors (Lipinski definition) is 6. The van der Waals surface area contributed by atoms with Gasteiger partial charge in [-0.3, -0.25) is 14.4 Å². The molecule has 0 N–H and O–H groups in total. The van der Waals surface area contributed by atoms with E-state index in [1.807, 2.05) is 0 Å². The van der Waals surface area contributed by atoms with Crippen molar-refractivity contribution < 1.29 is 28.6 Å². The summed E-state index contributed by atoms with van der Waals surface area (Å²) in [6.45, 7) is 6.40. The summed E-state index contributed by atoms with van der Waals surface area (Å²) < 4.78 is 17.0. The zero-order valence-corrected chi connectivity index (χ0v) is 52.8. The Morgan fingerprint density at radius 3 is 0.765 bits per heavy atom. The van der Waals surface area contributed by atoms with Crippen LogP contribution in [0.5, 0.6) is 0 Å². The molecule has 0 heterocycles. The lowest BCUT2D eigenvalue weighted by Crippen LogP contribution is -2.30. The van der Waals surface area contributed by atoms with Crippen LogP contribution < -0.4 is 0 Å². The molecule has 0 saturated carbocycles. The van der Waals surface area contributed by atoms with Crippen molar-refractivity contribution in [2.75, 3.05) is 13.2 Å². The van der Waals surface area contributed by atoms with Crippen LogP contribution in [-0.2, 0) is 28.6 Å². The monoisotopic (exact) mass is 1120 g/mol. The van der Waals surface area contributed by atoms with Crippen molar-refractivity contribution in [3.63, 3.8) is 0 Å². The molecule has 6 heteroatoms. The zero-order valence-electron chi connectivity index (χ0n) is 52.8. The second-order valence-corrected chi connectivity index (χ2v) is 22.0. The molecule has 0 saturated heterocycles. The van der Waals surface area contributed by atoms with Gasteiger partial charge in [0.05, 0.1) is 0 Å². The van der Waals surface area contributed by atoms with Crippen molar-refractivity contribution >= 4 is 17.9 Å². The quantitative estimate of drug-likeness (QED) is 0.0261. The molecule has 0 spiro atoms. The first-order valence-corrected chi connectivity index (χ1v) is 33.7. The Kier molecular flexibility index (Phi) is 64.3. The van der Waals surface area contributed by atoms with Crippen LogP contribution in [0.1, 0.15) is 303 Å². The van der Waals surface area contributed by atoms with Crippen LogP contribution in [0.15, 0.2) is 134 Å². The standard InChI is InChI=1S/C75H124O6/c1-4-7-10-13-16-19-22-25-28-31-34-36-37-39-41-44-47-50-53-56-59-62-65-68-74(77)80-71-72(70-79-73(76)67-64-61-58-55-52-49-46-43-40-33-30-27-24-21-18-15-12-9-6-3)81-75(78)69-66-63-60-57-54-51-48-45-42-38-35-32-29-26-23-20-17-14-11-8-5-2/h7-8,10-11,16-17,19-20,25-30,34-36,38-39,41,47,50,72H,4-6,9,12-15,18,21-24,31-33,37,40,42-46,48-49,51-71H2,1-3H3/b10-7-,11-8-,19-16-,20-17-,28-25-,29-26-,30-27-,36-34-,38-35-,41-39-,50-47-. The number of ether oxygens (including phenoxy) is 3. The van der Waals surface area contributed by atoms with Crippen LogP contribution in [0.3, 0.4) is 0 Å². The summed E-state index contributed by atoms with van der Waals surface area (Å²) in [7, 11) is 0. The SMILES string of the molecule is CC/C=C\C/C=C\C/C=C\C/C=C\C/C=C\C/C=C\CCCCCCC(=O)OCC(COC(=O)CCCCCCCCCCC/C=C\CCCCCCCC)OC(=O)CCCCCCCCCC/C=C\C/C=C\C/C=C\C/C=C\CC. The highest BCUT2D eigenvalue weighted by molar-refractivity contribution is 5.71. The fourth-order valence-corrected chi connectivity index (χ4v) is 9.14. The lowest BCUT2D eigenvalue weighted by atomic mass is 10.1. The molecule has 1 unspecified atom stereocenters. The van der Waals surface area contributed by atoms with E-state index in [9.17, 15) is 14.4 Å². The van der Waals surface area contributed by atoms with Gasteiger partial charge in [-0.15, -0.1) is 0 Å². The molecule has 6 nitrogen and oxygen atoms in total. The molecule has 0 aromatic carbocycles. The molecule has 0 aliphatic rings. The summed E-state index contributed by atoms with van der Waals surface area (Å²) in [6, 6.07) is 0. The van der Waals surface area contributed by atoms with Gasteiger partial charge in [0.15, 0.2) is 6.10 Å². The summed E-state index contributed by atoms with van der Waals surface area (Å²) in [5.41, 5.74) is 0. The van der Waals surface area contributed by atoms with Crippen LogP contribution in [0.4, 0.5) is 0 Å². The largest absolute Gasteiger partial charge is 0.462 e. The van der Waals surface area contributed by atoms with Gasteiger partial charge in [0, 0.05) is 19.3 Å². The van der Waals surface area contributed by atoms with Gasteiger partial charge in [-0.2, -0.15) is 0 Å². The molecule has 0 rings (SSSR count). The maximum Gasteiger partial charge on any atom is 0.306 e. The first-order chi connectivity index (χ1) is 40.0. The van der Waals surface area contributed by atoms with Gasteiger partial charge in [0.2, 0.25) is 0 Å². The van der Waals surface area contributed by atoms with E-state index in [1.54, 1.807) is 0 Å². The maximum absolute atomic E-state index is 13.0. The molecule has 0 aliphatic carbocycles. The Balaban J connectivity index is 4.47. The predicted octanol–water partition coefficient (Wildman–Crippen LogP) is 23.3. The van der Waals surface area contributed by atoms with Crippen LogP contribution in [-0.4, -0.2) is 37.2 Å². The lowest BCUT2D eigenvalue weighted by Gasteiger charge is -2.18. The lowest BCUT2D eigenvalue weighted by molar-refractivity contribution is -0.167. The smallest absolute Gasteiger partial charge is 0.306 e. The van der Waals surface area contributed by atoms with Gasteiger partial charge in [-0.05, 0) is 135 Å². The van der Waals surface area contributed by atoms with Crippen LogP contribution >= 0.6 is 0 Å². The normalized spacial score (nSPS) is 13.0. The van der Waals surface area contributed by atoms with Crippen molar-refractivity contribution in [1.82, 2.24) is 0 Å². The summed E-state index contributed by atoms with van der Waals surface area (Å²) in [5, 5.41) is 0. The number of carbonyl (C=O) groups excluding carboxylic acids is 3. The molecule has 0 amide bonds. The first-order valence-electron chi connectivity index (χ1n) is 33.7. The van der Waals surface area contributed by atoms with Gasteiger partial charge >= 0.3 is 17.9 Å². The van der Waals surface area contributed by atoms with E-state index >= 15 is 0 Å². The van der Waals surface area contributed by atoms with E-state index in [2.05, 4.69) is 154 Å². The predicted molar refractivity (Wildman–Crippen MR) is 353 cm³/mol. The van der Waals surface area contributed by atoms with Crippen LogP contribution in [0.2, 0.25) is 0 Å². The number of allylic oxidation sites excluding steroid dienone is 22. The number of esters is 3. The highest BCUT2D eigenvalue weighted by atomic mass is 16.6. The number of rotatable bonds is 60. The molecule has 0 aromatic rings. The van der Waals surface area contributed by atoms with Gasteiger partial charge in [0.1, 0.15) is 13.2 Å². The number of unbranched alkanes of at least 4 members (excludes halogenated alkanes) is 27. The minimum atomic E-state index is -0.801. The van der Waals surface area contributed by atoms with E-state index in [0.717, 1.165) is 141 Å². The highest BCUT2D eigenvalue weighted by Crippen LogP contribution is 2.16. The third-order valence-electron chi connectivity index (χ3n) is 14.1. The van der Waals surface area contributed by atoms with Crippen molar-refractivity contribution in [3.8, 4) is 0 Å². The minimum Gasteiger partial charge on any atom is -0.462 e. The minimum absolute atomic E-state index is 0.0936. The van der Waals surface area contributed by atoms with Gasteiger partial charge < -0.3 is 14.2 Å². The average molecular weight is 1120 g/mol. The van der Waals surface area contributed by atoms with Crippen molar-refractivity contribution in [1.29, 1.82) is 0 Å².